The van der Waals surface area contributed by atoms with E-state index in [9.17, 15) is 26.3 Å². The smallest absolute Gasteiger partial charge is 0.461 e. The van der Waals surface area contributed by atoms with E-state index >= 15 is 0 Å². The van der Waals surface area contributed by atoms with Crippen molar-refractivity contribution in [3.05, 3.63) is 78.4 Å². The summed E-state index contributed by atoms with van der Waals surface area (Å²) in [6, 6.07) is 15.7. The van der Waals surface area contributed by atoms with Gasteiger partial charge in [0.15, 0.2) is 0 Å². The minimum atomic E-state index is -4.43. The minimum Gasteiger partial charge on any atom is -0.489 e. The summed E-state index contributed by atoms with van der Waals surface area (Å²) >= 11 is 0. The van der Waals surface area contributed by atoms with Crippen LogP contribution >= 0.6 is 0 Å². The zero-order valence-electron chi connectivity index (χ0n) is 17.9. The molecule has 0 fully saturated rings. The summed E-state index contributed by atoms with van der Waals surface area (Å²) in [5, 5.41) is 3.19. The molecule has 33 heavy (non-hydrogen) atoms. The topological polar surface area (TPSA) is 30.5 Å². The first-order chi connectivity index (χ1) is 15.8. The zero-order valence-corrected chi connectivity index (χ0v) is 17.9. The molecule has 4 rings (SSSR count). The molecule has 3 nitrogen and oxygen atoms in total. The van der Waals surface area contributed by atoms with Gasteiger partial charge in [0.2, 0.25) is 0 Å². The Kier molecular flexibility index (Phi) is 9.44. The monoisotopic (exact) mass is 471 g/mol. The van der Waals surface area contributed by atoms with Crippen LogP contribution in [0.5, 0.6) is 11.5 Å². The largest absolute Gasteiger partial charge is 0.489 e. The van der Waals surface area contributed by atoms with Crippen LogP contribution in [0.1, 0.15) is 13.8 Å². The molecule has 0 saturated carbocycles. The standard InChI is InChI=1S/C14H11F2NO.C8H6F4O.C2H6/c15-10-6-9(7-11(16)8-10)12-2-1-3-13-14(12)18-5-4-17-13;9-7(10)8(11,12)13-6-4-2-1-3-5-6;1-2/h1-3,6-8,17H,4-5H2;1-5,7H;1-2H3. The highest BCUT2D eigenvalue weighted by Gasteiger charge is 2.43. The van der Waals surface area contributed by atoms with Crippen molar-refractivity contribution in [2.24, 2.45) is 0 Å². The third kappa shape index (κ3) is 7.34. The van der Waals surface area contributed by atoms with E-state index in [1.165, 1.54) is 36.4 Å². The van der Waals surface area contributed by atoms with Crippen molar-refractivity contribution in [1.82, 2.24) is 0 Å². The second-order valence-corrected chi connectivity index (χ2v) is 6.39. The lowest BCUT2D eigenvalue weighted by molar-refractivity contribution is -0.253. The first kappa shape index (κ1) is 25.9. The highest BCUT2D eigenvalue weighted by Crippen LogP contribution is 2.38. The van der Waals surface area contributed by atoms with Gasteiger partial charge in [-0.15, -0.1) is 0 Å². The molecular weight excluding hydrogens is 448 g/mol. The molecule has 0 bridgehead atoms. The molecule has 1 aliphatic heterocycles. The number of alkyl halides is 4. The molecule has 0 saturated heterocycles. The Balaban J connectivity index is 0.000000228. The van der Waals surface area contributed by atoms with Gasteiger partial charge in [-0.1, -0.05) is 44.2 Å². The van der Waals surface area contributed by atoms with E-state index in [2.05, 4.69) is 10.1 Å². The zero-order chi connectivity index (χ0) is 24.4. The lowest BCUT2D eigenvalue weighted by atomic mass is 10.0. The van der Waals surface area contributed by atoms with E-state index in [4.69, 9.17) is 4.74 Å². The fourth-order valence-corrected chi connectivity index (χ4v) is 2.80. The second-order valence-electron chi connectivity index (χ2n) is 6.39. The number of hydrogen-bond acceptors (Lipinski definition) is 3. The molecule has 0 amide bonds. The SMILES string of the molecule is CC.FC(F)C(F)(F)Oc1ccccc1.Fc1cc(F)cc(-c2cccc3c2OCCN3)c1. The molecule has 0 aliphatic carbocycles. The third-order valence-corrected chi connectivity index (χ3v) is 4.10. The van der Waals surface area contributed by atoms with Gasteiger partial charge in [-0.2, -0.15) is 17.6 Å². The summed E-state index contributed by atoms with van der Waals surface area (Å²) in [7, 11) is 0. The van der Waals surface area contributed by atoms with Crippen LogP contribution in [-0.2, 0) is 0 Å². The van der Waals surface area contributed by atoms with Crippen molar-refractivity contribution in [2.75, 3.05) is 18.5 Å². The number of para-hydroxylation sites is 2. The third-order valence-electron chi connectivity index (χ3n) is 4.10. The quantitative estimate of drug-likeness (QED) is 0.403. The fraction of sp³-hybridized carbons (Fsp3) is 0.250. The lowest BCUT2D eigenvalue weighted by Crippen LogP contribution is -2.33. The van der Waals surface area contributed by atoms with Gasteiger partial charge in [-0.3, -0.25) is 0 Å². The molecule has 178 valence electrons. The molecule has 0 spiro atoms. The molecule has 3 aromatic carbocycles. The number of ether oxygens (including phenoxy) is 2. The lowest BCUT2D eigenvalue weighted by Gasteiger charge is -2.21. The van der Waals surface area contributed by atoms with Crippen LogP contribution in [0, 0.1) is 11.6 Å². The number of nitrogens with one attached hydrogen (secondary N) is 1. The van der Waals surface area contributed by atoms with Crippen molar-refractivity contribution in [2.45, 2.75) is 26.4 Å². The van der Waals surface area contributed by atoms with Gasteiger partial charge in [0.25, 0.3) is 0 Å². The number of anilines is 1. The Morgan fingerprint density at radius 3 is 2.15 bits per heavy atom. The Labute approximate surface area is 188 Å². The molecule has 0 unspecified atom stereocenters. The molecule has 9 heteroatoms. The Bertz CT molecular complexity index is 995. The van der Waals surface area contributed by atoms with Crippen molar-refractivity contribution >= 4 is 5.69 Å². The van der Waals surface area contributed by atoms with Gasteiger partial charge in [0, 0.05) is 18.2 Å². The molecular formula is C24H23F6NO2. The van der Waals surface area contributed by atoms with E-state index in [-0.39, 0.29) is 5.75 Å². The molecule has 1 heterocycles. The number of hydrogen-bond donors (Lipinski definition) is 1. The van der Waals surface area contributed by atoms with Gasteiger partial charge in [0.1, 0.15) is 29.7 Å². The van der Waals surface area contributed by atoms with Crippen molar-refractivity contribution < 1.29 is 35.8 Å². The van der Waals surface area contributed by atoms with E-state index in [0.717, 1.165) is 18.3 Å². The van der Waals surface area contributed by atoms with E-state index in [1.54, 1.807) is 12.1 Å². The Morgan fingerprint density at radius 1 is 0.909 bits per heavy atom. The first-order valence-electron chi connectivity index (χ1n) is 10.1. The number of halogens is 6. The highest BCUT2D eigenvalue weighted by atomic mass is 19.3. The fourth-order valence-electron chi connectivity index (χ4n) is 2.80. The summed E-state index contributed by atoms with van der Waals surface area (Å²) in [6.45, 7) is 5.27. The maximum Gasteiger partial charge on any atom is 0.461 e. The van der Waals surface area contributed by atoms with Crippen LogP contribution in [0.25, 0.3) is 11.1 Å². The van der Waals surface area contributed by atoms with Gasteiger partial charge in [-0.05, 0) is 35.9 Å². The molecule has 3 aromatic rings. The maximum absolute atomic E-state index is 13.2. The summed E-state index contributed by atoms with van der Waals surface area (Å²) < 4.78 is 83.6. The number of rotatable bonds is 4. The number of benzene rings is 3. The predicted molar refractivity (Wildman–Crippen MR) is 115 cm³/mol. The van der Waals surface area contributed by atoms with Gasteiger partial charge in [0.05, 0.1) is 5.69 Å². The predicted octanol–water partition coefficient (Wildman–Crippen LogP) is 7.39. The minimum absolute atomic E-state index is 0.284. The van der Waals surface area contributed by atoms with E-state index in [1.807, 2.05) is 26.0 Å². The van der Waals surface area contributed by atoms with Crippen LogP contribution in [0.4, 0.5) is 32.0 Å². The van der Waals surface area contributed by atoms with Crippen molar-refractivity contribution in [1.29, 1.82) is 0 Å². The normalized spacial score (nSPS) is 12.2. The van der Waals surface area contributed by atoms with E-state index < -0.39 is 24.2 Å². The first-order valence-corrected chi connectivity index (χ1v) is 10.1. The maximum atomic E-state index is 13.2. The van der Waals surface area contributed by atoms with Crippen LogP contribution < -0.4 is 14.8 Å². The molecule has 1 N–H and O–H groups in total. The molecule has 1 aliphatic rings. The molecule has 0 aromatic heterocycles. The summed E-state index contributed by atoms with van der Waals surface area (Å²) in [5.41, 5.74) is 2.02. The number of fused-ring (bicyclic) bond motifs is 1. The summed E-state index contributed by atoms with van der Waals surface area (Å²) in [5.74, 6) is -0.820. The van der Waals surface area contributed by atoms with Crippen LogP contribution in [-0.4, -0.2) is 25.7 Å². The van der Waals surface area contributed by atoms with Crippen LogP contribution in [0.2, 0.25) is 0 Å². The van der Waals surface area contributed by atoms with Crippen molar-refractivity contribution in [3.8, 4) is 22.6 Å². The van der Waals surface area contributed by atoms with Gasteiger partial charge >= 0.3 is 12.5 Å². The molecule has 0 radical (unpaired) electrons. The summed E-state index contributed by atoms with van der Waals surface area (Å²) in [6.07, 6.45) is -8.26. The summed E-state index contributed by atoms with van der Waals surface area (Å²) in [4.78, 5) is 0. The van der Waals surface area contributed by atoms with Gasteiger partial charge < -0.3 is 14.8 Å². The highest BCUT2D eigenvalue weighted by molar-refractivity contribution is 5.78. The van der Waals surface area contributed by atoms with Crippen molar-refractivity contribution in [3.63, 3.8) is 0 Å². The molecule has 0 atom stereocenters. The van der Waals surface area contributed by atoms with Gasteiger partial charge in [-0.25, -0.2) is 8.78 Å². The van der Waals surface area contributed by atoms with Crippen LogP contribution in [0.15, 0.2) is 66.7 Å². The average Bonchev–Trinajstić information content (AvgIpc) is 2.80. The average molecular weight is 471 g/mol. The second kappa shape index (κ2) is 12.0. The Hall–Kier alpha value is -3.36. The Morgan fingerprint density at radius 2 is 1.55 bits per heavy atom. The van der Waals surface area contributed by atoms with Crippen LogP contribution in [0.3, 0.4) is 0 Å². The van der Waals surface area contributed by atoms with E-state index in [0.29, 0.717) is 23.5 Å².